The number of benzene rings is 3. The van der Waals surface area contributed by atoms with Gasteiger partial charge in [-0.05, 0) is 11.6 Å². The highest BCUT2D eigenvalue weighted by molar-refractivity contribution is 5.73. The zero-order valence-electron chi connectivity index (χ0n) is 14.6. The molecule has 3 nitrogen and oxygen atoms in total. The smallest absolute Gasteiger partial charge is 0.171 e. The molecule has 0 atom stereocenters. The third kappa shape index (κ3) is 3.11. The second kappa shape index (κ2) is 7.28. The predicted octanol–water partition coefficient (Wildman–Crippen LogP) is 5.61. The predicted molar refractivity (Wildman–Crippen MR) is 103 cm³/mol. The Morgan fingerprint density at radius 3 is 2.08 bits per heavy atom. The third-order valence-electron chi connectivity index (χ3n) is 4.43. The second-order valence-corrected chi connectivity index (χ2v) is 6.06. The van der Waals surface area contributed by atoms with Gasteiger partial charge in [0.05, 0.1) is 7.11 Å². The van der Waals surface area contributed by atoms with Gasteiger partial charge in [0, 0.05) is 23.1 Å². The first kappa shape index (κ1) is 16.2. The van der Waals surface area contributed by atoms with Crippen molar-refractivity contribution < 1.29 is 9.26 Å². The van der Waals surface area contributed by atoms with Crippen LogP contribution in [-0.4, -0.2) is 12.3 Å². The van der Waals surface area contributed by atoms with Crippen LogP contribution >= 0.6 is 0 Å². The van der Waals surface area contributed by atoms with Crippen molar-refractivity contribution in [2.24, 2.45) is 0 Å². The summed E-state index contributed by atoms with van der Waals surface area (Å²) >= 11 is 0. The first-order valence-corrected chi connectivity index (χ1v) is 8.58. The fourth-order valence-corrected chi connectivity index (χ4v) is 3.15. The van der Waals surface area contributed by atoms with Gasteiger partial charge in [0.25, 0.3) is 0 Å². The van der Waals surface area contributed by atoms with Gasteiger partial charge in [-0.3, -0.25) is 0 Å². The van der Waals surface area contributed by atoms with Crippen LogP contribution in [0, 0.1) is 0 Å². The molecule has 3 aromatic carbocycles. The Balaban J connectivity index is 1.86. The van der Waals surface area contributed by atoms with Crippen LogP contribution in [0.15, 0.2) is 89.5 Å². The summed E-state index contributed by atoms with van der Waals surface area (Å²) in [5, 5.41) is 4.40. The lowest BCUT2D eigenvalue weighted by Crippen LogP contribution is -1.96. The monoisotopic (exact) mass is 341 g/mol. The van der Waals surface area contributed by atoms with Crippen molar-refractivity contribution >= 4 is 0 Å². The first-order valence-electron chi connectivity index (χ1n) is 8.58. The Kier molecular flexibility index (Phi) is 4.52. The lowest BCUT2D eigenvalue weighted by molar-refractivity contribution is 0.410. The van der Waals surface area contributed by atoms with Crippen LogP contribution in [0.3, 0.4) is 0 Å². The molecule has 26 heavy (non-hydrogen) atoms. The lowest BCUT2D eigenvalue weighted by Gasteiger charge is -2.09. The Hall–Kier alpha value is -3.33. The topological polar surface area (TPSA) is 35.3 Å². The minimum absolute atomic E-state index is 0.683. The van der Waals surface area contributed by atoms with Gasteiger partial charge in [-0.1, -0.05) is 84.0 Å². The van der Waals surface area contributed by atoms with Gasteiger partial charge < -0.3 is 9.26 Å². The van der Waals surface area contributed by atoms with E-state index in [1.54, 1.807) is 7.11 Å². The summed E-state index contributed by atoms with van der Waals surface area (Å²) in [5.74, 6) is 1.67. The normalized spacial score (nSPS) is 10.7. The molecular formula is C23H19NO2. The molecule has 0 unspecified atom stereocenters. The molecule has 0 N–H and O–H groups in total. The molecule has 0 spiro atoms. The number of hydrogen-bond acceptors (Lipinski definition) is 3. The van der Waals surface area contributed by atoms with Crippen molar-refractivity contribution in [3.05, 3.63) is 96.1 Å². The van der Waals surface area contributed by atoms with Crippen LogP contribution in [-0.2, 0) is 6.42 Å². The van der Waals surface area contributed by atoms with Crippen molar-refractivity contribution in [1.82, 2.24) is 5.16 Å². The fourth-order valence-electron chi connectivity index (χ4n) is 3.15. The average molecular weight is 341 g/mol. The molecule has 0 saturated heterocycles. The quantitative estimate of drug-likeness (QED) is 0.473. The van der Waals surface area contributed by atoms with Crippen LogP contribution in [0.2, 0.25) is 0 Å². The summed E-state index contributed by atoms with van der Waals surface area (Å²) < 4.78 is 11.3. The maximum absolute atomic E-state index is 5.79. The molecule has 0 aliphatic heterocycles. The van der Waals surface area contributed by atoms with Crippen molar-refractivity contribution in [3.8, 4) is 28.3 Å². The molecule has 128 valence electrons. The number of methoxy groups -OCH3 is 1. The Morgan fingerprint density at radius 2 is 1.38 bits per heavy atom. The summed E-state index contributed by atoms with van der Waals surface area (Å²) in [6.07, 6.45) is 0.683. The lowest BCUT2D eigenvalue weighted by atomic mass is 9.96. The average Bonchev–Trinajstić information content (AvgIpc) is 3.13. The van der Waals surface area contributed by atoms with Crippen LogP contribution in [0.25, 0.3) is 22.6 Å². The summed E-state index contributed by atoms with van der Waals surface area (Å²) in [5.41, 5.74) is 5.10. The SMILES string of the molecule is COc1ccccc1Cc1c(-c2ccccc2)noc1-c1ccccc1. The zero-order valence-corrected chi connectivity index (χ0v) is 14.6. The Morgan fingerprint density at radius 1 is 0.769 bits per heavy atom. The minimum Gasteiger partial charge on any atom is -0.496 e. The molecule has 0 amide bonds. The van der Waals surface area contributed by atoms with E-state index in [0.29, 0.717) is 6.42 Å². The summed E-state index contributed by atoms with van der Waals surface area (Å²) in [7, 11) is 1.70. The summed E-state index contributed by atoms with van der Waals surface area (Å²) in [4.78, 5) is 0. The minimum atomic E-state index is 0.683. The molecule has 0 bridgehead atoms. The molecule has 1 heterocycles. The number of rotatable bonds is 5. The number of nitrogens with zero attached hydrogens (tertiary/aromatic N) is 1. The highest BCUT2D eigenvalue weighted by Gasteiger charge is 2.20. The van der Waals surface area contributed by atoms with Gasteiger partial charge >= 0.3 is 0 Å². The largest absolute Gasteiger partial charge is 0.496 e. The highest BCUT2D eigenvalue weighted by atomic mass is 16.5. The molecule has 3 heteroatoms. The molecule has 4 rings (SSSR count). The number of aromatic nitrogens is 1. The maximum Gasteiger partial charge on any atom is 0.171 e. The van der Waals surface area contributed by atoms with Gasteiger partial charge in [-0.25, -0.2) is 0 Å². The molecular weight excluding hydrogens is 322 g/mol. The van der Waals surface area contributed by atoms with E-state index in [0.717, 1.165) is 39.5 Å². The van der Waals surface area contributed by atoms with E-state index in [1.807, 2.05) is 66.7 Å². The Bertz CT molecular complexity index is 934. The van der Waals surface area contributed by atoms with Gasteiger partial charge in [0.15, 0.2) is 5.76 Å². The number of ether oxygens (including phenoxy) is 1. The number of para-hydroxylation sites is 1. The van der Waals surface area contributed by atoms with E-state index in [1.165, 1.54) is 0 Å². The molecule has 0 fully saturated rings. The second-order valence-electron chi connectivity index (χ2n) is 6.06. The zero-order chi connectivity index (χ0) is 17.8. The molecule has 1 aromatic heterocycles. The van der Waals surface area contributed by atoms with Crippen molar-refractivity contribution in [1.29, 1.82) is 0 Å². The number of hydrogen-bond donors (Lipinski definition) is 0. The molecule has 0 radical (unpaired) electrons. The van der Waals surface area contributed by atoms with Crippen LogP contribution < -0.4 is 4.74 Å². The highest BCUT2D eigenvalue weighted by Crippen LogP contribution is 2.35. The molecule has 4 aromatic rings. The van der Waals surface area contributed by atoms with Crippen LogP contribution in [0.5, 0.6) is 5.75 Å². The van der Waals surface area contributed by atoms with Crippen molar-refractivity contribution in [3.63, 3.8) is 0 Å². The van der Waals surface area contributed by atoms with E-state index >= 15 is 0 Å². The molecule has 0 aliphatic carbocycles. The van der Waals surface area contributed by atoms with Crippen molar-refractivity contribution in [2.45, 2.75) is 6.42 Å². The van der Waals surface area contributed by atoms with Gasteiger partial charge in [0.1, 0.15) is 11.4 Å². The molecule has 0 aliphatic rings. The van der Waals surface area contributed by atoms with Gasteiger partial charge in [-0.2, -0.15) is 0 Å². The van der Waals surface area contributed by atoms with Crippen molar-refractivity contribution in [2.75, 3.05) is 7.11 Å². The Labute approximate surface area is 152 Å². The van der Waals surface area contributed by atoms with Crippen LogP contribution in [0.1, 0.15) is 11.1 Å². The third-order valence-corrected chi connectivity index (χ3v) is 4.43. The van der Waals surface area contributed by atoms with E-state index < -0.39 is 0 Å². The molecule has 0 saturated carbocycles. The summed E-state index contributed by atoms with van der Waals surface area (Å²) in [6, 6.07) is 28.3. The van der Waals surface area contributed by atoms with E-state index in [2.05, 4.69) is 23.4 Å². The maximum atomic E-state index is 5.79. The van der Waals surface area contributed by atoms with E-state index in [4.69, 9.17) is 9.26 Å². The van der Waals surface area contributed by atoms with E-state index in [-0.39, 0.29) is 0 Å². The fraction of sp³-hybridized carbons (Fsp3) is 0.0870. The summed E-state index contributed by atoms with van der Waals surface area (Å²) in [6.45, 7) is 0. The van der Waals surface area contributed by atoms with E-state index in [9.17, 15) is 0 Å². The first-order chi connectivity index (χ1) is 12.9. The standard InChI is InChI=1S/C23H19NO2/c1-25-21-15-9-8-14-19(21)16-20-22(17-10-4-2-5-11-17)24-26-23(20)18-12-6-3-7-13-18/h2-15H,16H2,1H3. The van der Waals surface area contributed by atoms with Gasteiger partial charge in [0.2, 0.25) is 0 Å². The van der Waals surface area contributed by atoms with Gasteiger partial charge in [-0.15, -0.1) is 0 Å². The van der Waals surface area contributed by atoms with Crippen LogP contribution in [0.4, 0.5) is 0 Å².